The van der Waals surface area contributed by atoms with Gasteiger partial charge in [-0.15, -0.1) is 0 Å². The minimum atomic E-state index is -3.73. The van der Waals surface area contributed by atoms with Crippen molar-refractivity contribution in [3.8, 4) is 0 Å². The van der Waals surface area contributed by atoms with Crippen molar-refractivity contribution in [2.75, 3.05) is 32.0 Å². The third-order valence-corrected chi connectivity index (χ3v) is 6.27. The first-order valence-electron chi connectivity index (χ1n) is 5.83. The lowest BCUT2D eigenvalue weighted by atomic mass is 10.3. The molecule has 20 heavy (non-hydrogen) atoms. The minimum absolute atomic E-state index is 0.0410. The van der Waals surface area contributed by atoms with Crippen LogP contribution in [0.3, 0.4) is 0 Å². The van der Waals surface area contributed by atoms with Crippen molar-refractivity contribution < 1.29 is 18.3 Å². The molecule has 0 spiro atoms. The molecule has 1 aliphatic heterocycles. The second kappa shape index (κ2) is 6.29. The molecule has 1 saturated heterocycles. The van der Waals surface area contributed by atoms with Gasteiger partial charge in [0.2, 0.25) is 10.0 Å². The van der Waals surface area contributed by atoms with Gasteiger partial charge < -0.3 is 15.6 Å². The van der Waals surface area contributed by atoms with Gasteiger partial charge in [0.1, 0.15) is 4.90 Å². The average molecular weight is 430 g/mol. The Bertz CT molecular complexity index is 585. The lowest BCUT2D eigenvalue weighted by molar-refractivity contribution is -0.0304. The summed E-state index contributed by atoms with van der Waals surface area (Å²) in [6.45, 7) is 0.378. The van der Waals surface area contributed by atoms with Crippen molar-refractivity contribution in [3.05, 3.63) is 21.1 Å². The Kier molecular flexibility index (Phi) is 5.09. The van der Waals surface area contributed by atoms with E-state index in [0.29, 0.717) is 8.95 Å². The Hall–Kier alpha value is -0.190. The van der Waals surface area contributed by atoms with Crippen molar-refractivity contribution >= 4 is 47.6 Å². The average Bonchev–Trinajstić information content (AvgIpc) is 2.37. The lowest BCUT2D eigenvalue weighted by Gasteiger charge is -2.31. The molecule has 1 aliphatic rings. The van der Waals surface area contributed by atoms with Crippen LogP contribution < -0.4 is 5.73 Å². The highest BCUT2D eigenvalue weighted by Crippen LogP contribution is 2.34. The van der Waals surface area contributed by atoms with Crippen LogP contribution in [0.2, 0.25) is 0 Å². The normalized spacial score (nSPS) is 21.1. The van der Waals surface area contributed by atoms with Crippen LogP contribution in [0.1, 0.15) is 0 Å². The maximum Gasteiger partial charge on any atom is 0.246 e. The monoisotopic (exact) mass is 428 g/mol. The van der Waals surface area contributed by atoms with Crippen molar-refractivity contribution in [2.24, 2.45) is 0 Å². The van der Waals surface area contributed by atoms with Crippen LogP contribution in [0, 0.1) is 0 Å². The number of nitrogen functional groups attached to an aromatic ring is 1. The van der Waals surface area contributed by atoms with Crippen LogP contribution in [0.15, 0.2) is 26.0 Å². The summed E-state index contributed by atoms with van der Waals surface area (Å²) in [5.41, 5.74) is 6.00. The third-order valence-electron chi connectivity index (χ3n) is 2.94. The summed E-state index contributed by atoms with van der Waals surface area (Å²) in [5.74, 6) is 0. The number of hydrogen-bond donors (Lipinski definition) is 2. The number of benzene rings is 1. The van der Waals surface area contributed by atoms with E-state index in [4.69, 9.17) is 15.6 Å². The molecule has 3 N–H and O–H groups in total. The summed E-state index contributed by atoms with van der Waals surface area (Å²) in [5, 5.41) is 9.10. The number of sulfonamides is 1. The van der Waals surface area contributed by atoms with Gasteiger partial charge in [0, 0.05) is 22.0 Å². The Balaban J connectivity index is 2.40. The molecular formula is C11H14Br2N2O4S. The van der Waals surface area contributed by atoms with E-state index in [0.717, 1.165) is 0 Å². The number of nitrogens with two attached hydrogens (primary N) is 1. The molecule has 1 heterocycles. The molecule has 1 fully saturated rings. The molecule has 0 aliphatic carbocycles. The van der Waals surface area contributed by atoms with Gasteiger partial charge in [0.25, 0.3) is 0 Å². The van der Waals surface area contributed by atoms with E-state index in [1.807, 2.05) is 0 Å². The first-order chi connectivity index (χ1) is 9.36. The van der Waals surface area contributed by atoms with E-state index >= 15 is 0 Å². The molecule has 0 bridgehead atoms. The fourth-order valence-corrected chi connectivity index (χ4v) is 5.47. The second-order valence-corrected chi connectivity index (χ2v) is 7.99. The SMILES string of the molecule is Nc1cc(Br)cc(Br)c1S(=O)(=O)N1CCOC(CO)C1. The largest absolute Gasteiger partial charge is 0.398 e. The Labute approximate surface area is 134 Å². The maximum absolute atomic E-state index is 12.7. The van der Waals surface area contributed by atoms with Crippen LogP contribution in [-0.4, -0.2) is 50.2 Å². The number of nitrogens with zero attached hydrogens (tertiary/aromatic N) is 1. The number of aliphatic hydroxyl groups is 1. The first kappa shape index (κ1) is 16.2. The van der Waals surface area contributed by atoms with Crippen LogP contribution in [0.4, 0.5) is 5.69 Å². The Morgan fingerprint density at radius 1 is 1.45 bits per heavy atom. The van der Waals surface area contributed by atoms with Crippen LogP contribution in [0.5, 0.6) is 0 Å². The molecular weight excluding hydrogens is 416 g/mol. The van der Waals surface area contributed by atoms with Gasteiger partial charge in [-0.1, -0.05) is 15.9 Å². The van der Waals surface area contributed by atoms with E-state index in [-0.39, 0.29) is 36.9 Å². The molecule has 0 amide bonds. The van der Waals surface area contributed by atoms with Crippen LogP contribution in [0.25, 0.3) is 0 Å². The standard InChI is InChI=1S/C11H14Br2N2O4S/c12-7-3-9(13)11(10(14)4-7)20(17,18)15-1-2-19-8(5-15)6-16/h3-4,8,16H,1-2,5-6,14H2. The molecule has 2 rings (SSSR count). The number of halogens is 2. The highest BCUT2D eigenvalue weighted by atomic mass is 79.9. The summed E-state index contributed by atoms with van der Waals surface area (Å²) in [4.78, 5) is 0.0410. The van der Waals surface area contributed by atoms with Crippen molar-refractivity contribution in [1.29, 1.82) is 0 Å². The van der Waals surface area contributed by atoms with Gasteiger partial charge in [0.05, 0.1) is 25.0 Å². The molecule has 9 heteroatoms. The maximum atomic E-state index is 12.7. The van der Waals surface area contributed by atoms with Crippen molar-refractivity contribution in [3.63, 3.8) is 0 Å². The molecule has 1 unspecified atom stereocenters. The van der Waals surface area contributed by atoms with Gasteiger partial charge in [-0.3, -0.25) is 0 Å². The molecule has 112 valence electrons. The van der Waals surface area contributed by atoms with Gasteiger partial charge in [0.15, 0.2) is 0 Å². The topological polar surface area (TPSA) is 92.9 Å². The summed E-state index contributed by atoms with van der Waals surface area (Å²) in [6, 6.07) is 3.18. The van der Waals surface area contributed by atoms with Gasteiger partial charge >= 0.3 is 0 Å². The van der Waals surface area contributed by atoms with E-state index in [1.165, 1.54) is 4.31 Å². The molecule has 0 saturated carbocycles. The predicted octanol–water partition coefficient (Wildman–Crippen LogP) is 1.18. The highest BCUT2D eigenvalue weighted by molar-refractivity contribution is 9.11. The van der Waals surface area contributed by atoms with Crippen LogP contribution >= 0.6 is 31.9 Å². The molecule has 1 aromatic carbocycles. The molecule has 6 nitrogen and oxygen atoms in total. The Morgan fingerprint density at radius 2 is 2.15 bits per heavy atom. The van der Waals surface area contributed by atoms with E-state index in [1.54, 1.807) is 12.1 Å². The quantitative estimate of drug-likeness (QED) is 0.703. The fourth-order valence-electron chi connectivity index (χ4n) is 2.00. The zero-order valence-electron chi connectivity index (χ0n) is 10.4. The van der Waals surface area contributed by atoms with Crippen molar-refractivity contribution in [2.45, 2.75) is 11.0 Å². The summed E-state index contributed by atoms with van der Waals surface area (Å²) in [6.07, 6.45) is -0.506. The van der Waals surface area contributed by atoms with Gasteiger partial charge in [-0.05, 0) is 28.1 Å². The number of rotatable bonds is 3. The first-order valence-corrected chi connectivity index (χ1v) is 8.86. The lowest BCUT2D eigenvalue weighted by Crippen LogP contribution is -2.47. The zero-order chi connectivity index (χ0) is 14.9. The number of aliphatic hydroxyl groups excluding tert-OH is 1. The summed E-state index contributed by atoms with van der Waals surface area (Å²) >= 11 is 6.50. The zero-order valence-corrected chi connectivity index (χ0v) is 14.4. The van der Waals surface area contributed by atoms with E-state index in [2.05, 4.69) is 31.9 Å². The summed E-state index contributed by atoms with van der Waals surface area (Å²) < 4.78 is 33.0. The van der Waals surface area contributed by atoms with Crippen molar-refractivity contribution in [1.82, 2.24) is 4.31 Å². The fraction of sp³-hybridized carbons (Fsp3) is 0.455. The number of anilines is 1. The van der Waals surface area contributed by atoms with Gasteiger partial charge in [-0.2, -0.15) is 4.31 Å². The molecule has 0 radical (unpaired) electrons. The second-order valence-electron chi connectivity index (χ2n) is 4.34. The summed E-state index contributed by atoms with van der Waals surface area (Å²) in [7, 11) is -3.73. The highest BCUT2D eigenvalue weighted by Gasteiger charge is 2.33. The smallest absolute Gasteiger partial charge is 0.246 e. The Morgan fingerprint density at radius 3 is 2.75 bits per heavy atom. The van der Waals surface area contributed by atoms with E-state index in [9.17, 15) is 8.42 Å². The minimum Gasteiger partial charge on any atom is -0.398 e. The number of morpholine rings is 1. The number of ether oxygens (including phenoxy) is 1. The molecule has 0 aromatic heterocycles. The number of hydrogen-bond acceptors (Lipinski definition) is 5. The predicted molar refractivity (Wildman–Crippen MR) is 81.8 cm³/mol. The van der Waals surface area contributed by atoms with Crippen LogP contribution in [-0.2, 0) is 14.8 Å². The third kappa shape index (κ3) is 3.18. The molecule has 1 atom stereocenters. The van der Waals surface area contributed by atoms with Gasteiger partial charge in [-0.25, -0.2) is 8.42 Å². The molecule has 1 aromatic rings. The van der Waals surface area contributed by atoms with E-state index < -0.39 is 16.1 Å².